The molecule has 9 aromatic carbocycles. The molecule has 0 saturated heterocycles. The van der Waals surface area contributed by atoms with Crippen molar-refractivity contribution in [2.45, 2.75) is 19.3 Å². The van der Waals surface area contributed by atoms with Crippen LogP contribution in [0.15, 0.2) is 197 Å². The summed E-state index contributed by atoms with van der Waals surface area (Å²) in [7, 11) is 0. The van der Waals surface area contributed by atoms with Crippen molar-refractivity contribution in [3.63, 3.8) is 0 Å². The fraction of sp³-hybridized carbons (Fsp3) is 0.0545. The van der Waals surface area contributed by atoms with Gasteiger partial charge in [0, 0.05) is 49.7 Å². The Labute approximate surface area is 336 Å². The van der Waals surface area contributed by atoms with Crippen LogP contribution < -0.4 is 4.90 Å². The Bertz CT molecular complexity index is 3430. The van der Waals surface area contributed by atoms with E-state index in [0.717, 1.165) is 77.5 Å². The number of furan rings is 2. The van der Waals surface area contributed by atoms with Crippen LogP contribution in [0.2, 0.25) is 0 Å². The molecule has 0 radical (unpaired) electrons. The van der Waals surface area contributed by atoms with E-state index in [4.69, 9.17) is 8.83 Å². The average Bonchev–Trinajstić information content (AvgIpc) is 3.91. The average molecular weight is 744 g/mol. The van der Waals surface area contributed by atoms with Crippen molar-refractivity contribution in [1.29, 1.82) is 0 Å². The molecule has 1 aliphatic carbocycles. The van der Waals surface area contributed by atoms with Crippen LogP contribution >= 0.6 is 0 Å². The lowest BCUT2D eigenvalue weighted by Crippen LogP contribution is -2.17. The number of rotatable bonds is 5. The van der Waals surface area contributed by atoms with Crippen LogP contribution in [0.25, 0.3) is 88.0 Å². The molecule has 3 nitrogen and oxygen atoms in total. The summed E-state index contributed by atoms with van der Waals surface area (Å²) in [5.74, 6) is 0. The number of anilines is 3. The van der Waals surface area contributed by atoms with Crippen LogP contribution in [0.3, 0.4) is 0 Å². The lowest BCUT2D eigenvalue weighted by atomic mass is 9.82. The molecule has 0 N–H and O–H groups in total. The third-order valence-corrected chi connectivity index (χ3v) is 12.5. The van der Waals surface area contributed by atoms with Gasteiger partial charge in [0.15, 0.2) is 5.58 Å². The monoisotopic (exact) mass is 743 g/mol. The van der Waals surface area contributed by atoms with Crippen LogP contribution in [0.4, 0.5) is 17.1 Å². The highest BCUT2D eigenvalue weighted by Gasteiger charge is 2.36. The summed E-state index contributed by atoms with van der Waals surface area (Å²) in [6.07, 6.45) is 0. The largest absolute Gasteiger partial charge is 0.455 e. The van der Waals surface area contributed by atoms with Crippen LogP contribution in [0.5, 0.6) is 0 Å². The van der Waals surface area contributed by atoms with Gasteiger partial charge in [-0.2, -0.15) is 0 Å². The summed E-state index contributed by atoms with van der Waals surface area (Å²) in [5.41, 5.74) is 16.1. The van der Waals surface area contributed by atoms with Gasteiger partial charge in [-0.25, -0.2) is 0 Å². The summed E-state index contributed by atoms with van der Waals surface area (Å²) in [5, 5.41) is 6.62. The van der Waals surface area contributed by atoms with E-state index in [2.05, 4.69) is 201 Å². The van der Waals surface area contributed by atoms with Gasteiger partial charge in [0.2, 0.25) is 0 Å². The van der Waals surface area contributed by atoms with Crippen LogP contribution in [-0.2, 0) is 5.41 Å². The van der Waals surface area contributed by atoms with Crippen molar-refractivity contribution in [2.24, 2.45) is 0 Å². The molecule has 0 bridgehead atoms. The topological polar surface area (TPSA) is 29.5 Å². The van der Waals surface area contributed by atoms with Crippen molar-refractivity contribution in [3.8, 4) is 33.4 Å². The fourth-order valence-corrected chi connectivity index (χ4v) is 9.67. The van der Waals surface area contributed by atoms with Crippen LogP contribution in [0, 0.1) is 0 Å². The minimum absolute atomic E-state index is 0.179. The lowest BCUT2D eigenvalue weighted by molar-refractivity contribution is 0.660. The molecule has 0 unspecified atom stereocenters. The molecule has 58 heavy (non-hydrogen) atoms. The molecule has 0 spiro atoms. The first kappa shape index (κ1) is 32.8. The molecule has 3 heteroatoms. The quantitative estimate of drug-likeness (QED) is 0.176. The van der Waals surface area contributed by atoms with Crippen molar-refractivity contribution >= 4 is 71.7 Å². The first-order valence-corrected chi connectivity index (χ1v) is 20.0. The van der Waals surface area contributed by atoms with Gasteiger partial charge >= 0.3 is 0 Å². The minimum atomic E-state index is -0.179. The smallest absolute Gasteiger partial charge is 0.159 e. The predicted octanol–water partition coefficient (Wildman–Crippen LogP) is 15.7. The van der Waals surface area contributed by atoms with Crippen molar-refractivity contribution in [3.05, 3.63) is 199 Å². The number of fused-ring (bicyclic) bond motifs is 11. The zero-order valence-electron chi connectivity index (χ0n) is 32.2. The van der Waals surface area contributed by atoms with Crippen LogP contribution in [-0.4, -0.2) is 0 Å². The maximum Gasteiger partial charge on any atom is 0.159 e. The van der Waals surface area contributed by atoms with E-state index in [1.807, 2.05) is 6.07 Å². The van der Waals surface area contributed by atoms with Gasteiger partial charge in [-0.05, 0) is 80.7 Å². The number of para-hydroxylation sites is 2. The van der Waals surface area contributed by atoms with Gasteiger partial charge in [-0.15, -0.1) is 0 Å². The van der Waals surface area contributed by atoms with Gasteiger partial charge in [0.05, 0.1) is 11.4 Å². The third kappa shape index (κ3) is 4.74. The predicted molar refractivity (Wildman–Crippen MR) is 242 cm³/mol. The second kappa shape index (κ2) is 12.3. The molecular formula is C55H37NO2. The highest BCUT2D eigenvalue weighted by molar-refractivity contribution is 6.20. The van der Waals surface area contributed by atoms with Gasteiger partial charge < -0.3 is 13.7 Å². The van der Waals surface area contributed by atoms with Gasteiger partial charge in [0.1, 0.15) is 16.7 Å². The Hall–Kier alpha value is -7.36. The lowest BCUT2D eigenvalue weighted by Gasteiger charge is -2.30. The fourth-order valence-electron chi connectivity index (χ4n) is 9.67. The Kier molecular flexibility index (Phi) is 6.98. The number of nitrogens with zero attached hydrogens (tertiary/aromatic N) is 1. The molecule has 0 saturated carbocycles. The Morgan fingerprint density at radius 3 is 1.78 bits per heavy atom. The first-order valence-electron chi connectivity index (χ1n) is 20.0. The van der Waals surface area contributed by atoms with E-state index in [9.17, 15) is 0 Å². The molecule has 0 fully saturated rings. The zero-order chi connectivity index (χ0) is 38.5. The Morgan fingerprint density at radius 2 is 0.966 bits per heavy atom. The number of benzene rings is 9. The first-order chi connectivity index (χ1) is 28.5. The van der Waals surface area contributed by atoms with Gasteiger partial charge in [0.25, 0.3) is 0 Å². The van der Waals surface area contributed by atoms with E-state index >= 15 is 0 Å². The maximum absolute atomic E-state index is 7.04. The van der Waals surface area contributed by atoms with E-state index in [1.165, 1.54) is 38.8 Å². The molecular weight excluding hydrogens is 707 g/mol. The molecule has 274 valence electrons. The maximum atomic E-state index is 7.04. The van der Waals surface area contributed by atoms with E-state index in [-0.39, 0.29) is 5.41 Å². The molecule has 1 aliphatic rings. The molecule has 2 heterocycles. The number of hydrogen-bond acceptors (Lipinski definition) is 3. The highest BCUT2D eigenvalue weighted by Crippen LogP contribution is 2.53. The van der Waals surface area contributed by atoms with Crippen molar-refractivity contribution in [1.82, 2.24) is 0 Å². The highest BCUT2D eigenvalue weighted by atomic mass is 16.3. The van der Waals surface area contributed by atoms with E-state index in [0.29, 0.717) is 0 Å². The SMILES string of the molecule is CC1(C)c2ccccc2-c2ccc(N(c3cc4oc5c6ccccc6c(-c6ccccc6)cc5c4cc3-c3ccccc3)c3cccc4c3oc3ccccc34)cc21. The molecule has 12 rings (SSSR count). The Balaban J connectivity index is 1.19. The molecule has 0 atom stereocenters. The van der Waals surface area contributed by atoms with Crippen molar-refractivity contribution < 1.29 is 8.83 Å². The normalized spacial score (nSPS) is 13.1. The zero-order valence-corrected chi connectivity index (χ0v) is 32.2. The standard InChI is InChI=1S/C55H37NO2/c1-55(2)47-25-13-11-21-38(47)39-29-28-36(30-48(39)55)56(49-26-15-24-42-40-22-12-14-27-51(40)57-54(42)49)50-33-52-45(32-44(50)35-18-7-4-8-19-35)46-31-43(34-16-5-3-6-17-34)37-20-9-10-23-41(37)53(46)58-52/h3-33H,1-2H3. The van der Waals surface area contributed by atoms with E-state index in [1.54, 1.807) is 0 Å². The summed E-state index contributed by atoms with van der Waals surface area (Å²) >= 11 is 0. The summed E-state index contributed by atoms with van der Waals surface area (Å²) in [6, 6.07) is 67.6. The van der Waals surface area contributed by atoms with Crippen LogP contribution in [0.1, 0.15) is 25.0 Å². The second-order valence-corrected chi connectivity index (χ2v) is 16.0. The summed E-state index contributed by atoms with van der Waals surface area (Å²) in [6.45, 7) is 4.69. The third-order valence-electron chi connectivity index (χ3n) is 12.5. The van der Waals surface area contributed by atoms with Gasteiger partial charge in [-0.3, -0.25) is 0 Å². The molecule has 0 amide bonds. The molecule has 11 aromatic rings. The summed E-state index contributed by atoms with van der Waals surface area (Å²) in [4.78, 5) is 2.40. The van der Waals surface area contributed by atoms with Crippen molar-refractivity contribution in [2.75, 3.05) is 4.90 Å². The summed E-state index contributed by atoms with van der Waals surface area (Å²) < 4.78 is 13.9. The second-order valence-electron chi connectivity index (χ2n) is 16.0. The Morgan fingerprint density at radius 1 is 0.362 bits per heavy atom. The number of hydrogen-bond donors (Lipinski definition) is 0. The molecule has 0 aliphatic heterocycles. The minimum Gasteiger partial charge on any atom is -0.455 e. The van der Waals surface area contributed by atoms with Gasteiger partial charge in [-0.1, -0.05) is 159 Å². The van der Waals surface area contributed by atoms with E-state index < -0.39 is 0 Å². The molecule has 2 aromatic heterocycles.